The van der Waals surface area contributed by atoms with Gasteiger partial charge in [-0.2, -0.15) is 13.2 Å². The van der Waals surface area contributed by atoms with Crippen LogP contribution in [-0.2, 0) is 19.3 Å². The number of hydrogen-bond donors (Lipinski definition) is 0. The van der Waals surface area contributed by atoms with E-state index in [0.29, 0.717) is 55.3 Å². The molecule has 5 rings (SSSR count). The Balaban J connectivity index is 1.44. The minimum atomic E-state index is -4.56. The third kappa shape index (κ3) is 5.07. The maximum atomic E-state index is 14.7. The number of methoxy groups -OCH3 is 2. The highest BCUT2D eigenvalue weighted by molar-refractivity contribution is 5.97. The molecular weight excluding hydrogens is 514 g/mol. The predicted molar refractivity (Wildman–Crippen MR) is 140 cm³/mol. The number of carbonyl (C=O) groups excluding carboxylic acids is 1. The molecule has 2 amide bonds. The number of hydrogen-bond acceptors (Lipinski definition) is 4. The van der Waals surface area contributed by atoms with Crippen molar-refractivity contribution in [2.45, 2.75) is 38.1 Å². The summed E-state index contributed by atoms with van der Waals surface area (Å²) in [6, 6.07) is 14.8. The highest BCUT2D eigenvalue weighted by atomic mass is 19.4. The Morgan fingerprint density at radius 3 is 2.18 bits per heavy atom. The van der Waals surface area contributed by atoms with Crippen LogP contribution in [0.1, 0.15) is 29.5 Å². The highest BCUT2D eigenvalue weighted by Gasteiger charge is 2.40. The SMILES string of the molecule is COc1cccc(F)c1N1CCC(N2Cc3cccc(OC)c3N(Cc3ccccc3C(F)(F)F)C2=O)CC1. The molecule has 0 aromatic heterocycles. The third-order valence-corrected chi connectivity index (χ3v) is 7.43. The summed E-state index contributed by atoms with van der Waals surface area (Å²) < 4.78 is 66.9. The molecule has 1 saturated heterocycles. The fourth-order valence-corrected chi connectivity index (χ4v) is 5.57. The van der Waals surface area contributed by atoms with Crippen molar-refractivity contribution in [2.24, 2.45) is 0 Å². The first-order valence-corrected chi connectivity index (χ1v) is 12.7. The first-order valence-electron chi connectivity index (χ1n) is 12.7. The summed E-state index contributed by atoms with van der Waals surface area (Å²) in [6.07, 6.45) is -3.43. The number of nitrogens with zero attached hydrogens (tertiary/aromatic N) is 3. The standard InChI is InChI=1S/C29H29F4N3O3/c1-38-24-11-5-8-20-18-35(21-13-15-34(16-14-21)27-23(30)10-6-12-25(27)39-2)28(37)36(26(20)24)17-19-7-3-4-9-22(19)29(31,32)33/h3-12,21H,13-18H2,1-2H3. The zero-order chi connectivity index (χ0) is 27.7. The number of halogens is 4. The first-order chi connectivity index (χ1) is 18.7. The lowest BCUT2D eigenvalue weighted by Crippen LogP contribution is -2.54. The van der Waals surface area contributed by atoms with Gasteiger partial charge >= 0.3 is 12.2 Å². The fourth-order valence-electron chi connectivity index (χ4n) is 5.57. The van der Waals surface area contributed by atoms with E-state index in [2.05, 4.69) is 0 Å². The van der Waals surface area contributed by atoms with Gasteiger partial charge in [0.25, 0.3) is 0 Å². The van der Waals surface area contributed by atoms with Gasteiger partial charge in [-0.25, -0.2) is 9.18 Å². The lowest BCUT2D eigenvalue weighted by molar-refractivity contribution is -0.138. The van der Waals surface area contributed by atoms with E-state index < -0.39 is 11.7 Å². The Morgan fingerprint density at radius 2 is 1.51 bits per heavy atom. The first kappa shape index (κ1) is 26.6. The number of benzene rings is 3. The van der Waals surface area contributed by atoms with Crippen molar-refractivity contribution < 1.29 is 31.8 Å². The molecule has 6 nitrogen and oxygen atoms in total. The van der Waals surface area contributed by atoms with Gasteiger partial charge in [0.1, 0.15) is 23.0 Å². The van der Waals surface area contributed by atoms with Gasteiger partial charge in [0, 0.05) is 25.7 Å². The van der Waals surface area contributed by atoms with Crippen LogP contribution in [-0.4, -0.2) is 44.3 Å². The van der Waals surface area contributed by atoms with Crippen molar-refractivity contribution in [1.82, 2.24) is 4.90 Å². The second-order valence-electron chi connectivity index (χ2n) is 9.63. The monoisotopic (exact) mass is 543 g/mol. The number of anilines is 2. The Morgan fingerprint density at radius 1 is 0.872 bits per heavy atom. The van der Waals surface area contributed by atoms with Crippen LogP contribution in [0.25, 0.3) is 0 Å². The van der Waals surface area contributed by atoms with Crippen molar-refractivity contribution in [2.75, 3.05) is 37.1 Å². The fraction of sp³-hybridized carbons (Fsp3) is 0.345. The largest absolute Gasteiger partial charge is 0.495 e. The third-order valence-electron chi connectivity index (χ3n) is 7.43. The Labute approximate surface area is 224 Å². The van der Waals surface area contributed by atoms with Crippen molar-refractivity contribution in [3.8, 4) is 11.5 Å². The van der Waals surface area contributed by atoms with Crippen LogP contribution in [0, 0.1) is 5.82 Å². The van der Waals surface area contributed by atoms with E-state index in [1.54, 1.807) is 29.2 Å². The summed E-state index contributed by atoms with van der Waals surface area (Å²) in [5, 5.41) is 0. The minimum Gasteiger partial charge on any atom is -0.495 e. The number of carbonyl (C=O) groups is 1. The van der Waals surface area contributed by atoms with E-state index in [9.17, 15) is 22.4 Å². The van der Waals surface area contributed by atoms with E-state index in [0.717, 1.165) is 11.6 Å². The molecule has 0 radical (unpaired) electrons. The number of alkyl halides is 3. The smallest absolute Gasteiger partial charge is 0.416 e. The lowest BCUT2D eigenvalue weighted by Gasteiger charge is -2.44. The zero-order valence-corrected chi connectivity index (χ0v) is 21.7. The highest BCUT2D eigenvalue weighted by Crippen LogP contribution is 2.41. The van der Waals surface area contributed by atoms with E-state index in [1.807, 2.05) is 11.0 Å². The Kier molecular flexibility index (Phi) is 7.29. The molecule has 206 valence electrons. The second-order valence-corrected chi connectivity index (χ2v) is 9.63. The summed E-state index contributed by atoms with van der Waals surface area (Å²) in [5.41, 5.74) is 0.879. The van der Waals surface area contributed by atoms with Crippen molar-refractivity contribution in [1.29, 1.82) is 0 Å². The molecule has 1 fully saturated rings. The molecule has 0 aliphatic carbocycles. The van der Waals surface area contributed by atoms with Crippen LogP contribution in [0.3, 0.4) is 0 Å². The van der Waals surface area contributed by atoms with E-state index >= 15 is 0 Å². The maximum Gasteiger partial charge on any atom is 0.416 e. The summed E-state index contributed by atoms with van der Waals surface area (Å²) in [4.78, 5) is 19.0. The summed E-state index contributed by atoms with van der Waals surface area (Å²) in [7, 11) is 2.97. The van der Waals surface area contributed by atoms with Gasteiger partial charge in [-0.1, -0.05) is 36.4 Å². The number of urea groups is 1. The molecule has 0 spiro atoms. The van der Waals surface area contributed by atoms with Crippen molar-refractivity contribution in [3.05, 3.63) is 83.2 Å². The zero-order valence-electron chi connectivity index (χ0n) is 21.7. The average Bonchev–Trinajstić information content (AvgIpc) is 2.93. The second kappa shape index (κ2) is 10.7. The van der Waals surface area contributed by atoms with Crippen LogP contribution in [0.2, 0.25) is 0 Å². The Bertz CT molecular complexity index is 1360. The normalized spacial score (nSPS) is 16.4. The average molecular weight is 544 g/mol. The van der Waals surface area contributed by atoms with Gasteiger partial charge in [-0.3, -0.25) is 4.90 Å². The lowest BCUT2D eigenvalue weighted by atomic mass is 9.98. The molecule has 0 saturated carbocycles. The molecular formula is C29H29F4N3O3. The van der Waals surface area contributed by atoms with Crippen molar-refractivity contribution >= 4 is 17.4 Å². The van der Waals surface area contributed by atoms with Crippen LogP contribution in [0.4, 0.5) is 33.7 Å². The quantitative estimate of drug-likeness (QED) is 0.334. The molecule has 2 aliphatic rings. The van der Waals surface area contributed by atoms with Crippen molar-refractivity contribution in [3.63, 3.8) is 0 Å². The van der Waals surface area contributed by atoms with Crippen LogP contribution in [0.15, 0.2) is 60.7 Å². The van der Waals surface area contributed by atoms with Crippen LogP contribution >= 0.6 is 0 Å². The summed E-state index contributed by atoms with van der Waals surface area (Å²) >= 11 is 0. The molecule has 2 aliphatic heterocycles. The molecule has 10 heteroatoms. The van der Waals surface area contributed by atoms with Crippen LogP contribution < -0.4 is 19.3 Å². The van der Waals surface area contributed by atoms with E-state index in [4.69, 9.17) is 9.47 Å². The molecule has 0 N–H and O–H groups in total. The van der Waals surface area contributed by atoms with Gasteiger partial charge in [0.05, 0.1) is 32.0 Å². The maximum absolute atomic E-state index is 14.7. The predicted octanol–water partition coefficient (Wildman–Crippen LogP) is 6.47. The Hall–Kier alpha value is -3.95. The molecule has 0 atom stereocenters. The number of ether oxygens (including phenoxy) is 2. The van der Waals surface area contributed by atoms with Gasteiger partial charge in [-0.15, -0.1) is 0 Å². The summed E-state index contributed by atoms with van der Waals surface area (Å²) in [6.45, 7) is 1.03. The van der Waals surface area contributed by atoms with E-state index in [1.165, 1.54) is 43.4 Å². The molecule has 0 unspecified atom stereocenters. The van der Waals surface area contributed by atoms with E-state index in [-0.39, 0.29) is 30.0 Å². The minimum absolute atomic E-state index is 0.00137. The topological polar surface area (TPSA) is 45.2 Å². The number of piperidine rings is 1. The molecule has 39 heavy (non-hydrogen) atoms. The van der Waals surface area contributed by atoms with Gasteiger partial charge in [-0.05, 0) is 48.2 Å². The van der Waals surface area contributed by atoms with Gasteiger partial charge < -0.3 is 19.3 Å². The van der Waals surface area contributed by atoms with Gasteiger partial charge in [0.2, 0.25) is 0 Å². The number of rotatable bonds is 6. The number of amides is 2. The number of para-hydroxylation sites is 2. The van der Waals surface area contributed by atoms with Gasteiger partial charge in [0.15, 0.2) is 0 Å². The molecule has 3 aromatic rings. The molecule has 3 aromatic carbocycles. The summed E-state index contributed by atoms with van der Waals surface area (Å²) in [5.74, 6) is 0.488. The molecule has 2 heterocycles. The molecule has 0 bridgehead atoms. The van der Waals surface area contributed by atoms with Crippen LogP contribution in [0.5, 0.6) is 11.5 Å². The number of fused-ring (bicyclic) bond motifs is 1.